The van der Waals surface area contributed by atoms with Gasteiger partial charge in [-0.15, -0.1) is 0 Å². The number of nitrogens with one attached hydrogen (secondary N) is 2. The zero-order valence-electron chi connectivity index (χ0n) is 18.6. The number of aromatic nitrogens is 1. The van der Waals surface area contributed by atoms with Gasteiger partial charge in [-0.25, -0.2) is 4.79 Å². The van der Waals surface area contributed by atoms with Crippen LogP contribution in [0.15, 0.2) is 72.8 Å². The molecular weight excluding hydrogens is 430 g/mol. The number of benzene rings is 3. The number of H-pyrrole nitrogens is 1. The Balaban J connectivity index is 1.41. The van der Waals surface area contributed by atoms with Gasteiger partial charge in [0.05, 0.1) is 19.1 Å². The van der Waals surface area contributed by atoms with E-state index in [2.05, 4.69) is 16.4 Å². The molecule has 7 heteroatoms. The summed E-state index contributed by atoms with van der Waals surface area (Å²) in [6.07, 6.45) is 0.367. The summed E-state index contributed by atoms with van der Waals surface area (Å²) in [5.41, 5.74) is 4.06. The van der Waals surface area contributed by atoms with Gasteiger partial charge in [0, 0.05) is 22.2 Å². The second-order valence-electron chi connectivity index (χ2n) is 7.63. The van der Waals surface area contributed by atoms with Crippen LogP contribution in [0.3, 0.4) is 0 Å². The van der Waals surface area contributed by atoms with Crippen LogP contribution in [0.1, 0.15) is 38.9 Å². The summed E-state index contributed by atoms with van der Waals surface area (Å²) in [5.74, 6) is 0.0203. The number of rotatable bonds is 8. The molecule has 2 N–H and O–H groups in total. The Hall–Kier alpha value is -4.57. The second-order valence-corrected chi connectivity index (χ2v) is 7.63. The number of anilines is 1. The third kappa shape index (κ3) is 5.43. The summed E-state index contributed by atoms with van der Waals surface area (Å²) in [5, 5.41) is 12.4. The predicted octanol–water partition coefficient (Wildman–Crippen LogP) is 5.24. The van der Waals surface area contributed by atoms with Crippen molar-refractivity contribution < 1.29 is 19.1 Å². The molecule has 4 rings (SSSR count). The lowest BCUT2D eigenvalue weighted by molar-refractivity contribution is 0.0520. The number of ether oxygens (including phenoxy) is 2. The van der Waals surface area contributed by atoms with Crippen molar-refractivity contribution >= 4 is 28.5 Å². The first-order chi connectivity index (χ1) is 16.6. The normalized spacial score (nSPS) is 10.5. The Kier molecular flexibility index (Phi) is 6.89. The third-order valence-corrected chi connectivity index (χ3v) is 5.18. The molecule has 34 heavy (non-hydrogen) atoms. The average molecular weight is 453 g/mol. The highest BCUT2D eigenvalue weighted by Crippen LogP contribution is 2.20. The van der Waals surface area contributed by atoms with E-state index in [1.165, 1.54) is 0 Å². The molecular formula is C27H23N3O4. The molecule has 0 atom stereocenters. The summed E-state index contributed by atoms with van der Waals surface area (Å²) in [6, 6.07) is 23.8. The van der Waals surface area contributed by atoms with Gasteiger partial charge in [0.15, 0.2) is 0 Å². The highest BCUT2D eigenvalue weighted by Gasteiger charge is 2.13. The fraction of sp³-hybridized carbons (Fsp3) is 0.148. The van der Waals surface area contributed by atoms with Crippen molar-refractivity contribution in [1.29, 1.82) is 5.26 Å². The smallest absolute Gasteiger partial charge is 0.354 e. The maximum atomic E-state index is 12.8. The zero-order chi connectivity index (χ0) is 23.9. The average Bonchev–Trinajstić information content (AvgIpc) is 3.28. The van der Waals surface area contributed by atoms with Gasteiger partial charge >= 0.3 is 5.97 Å². The highest BCUT2D eigenvalue weighted by molar-refractivity contribution is 6.07. The quantitative estimate of drug-likeness (QED) is 0.355. The van der Waals surface area contributed by atoms with Crippen LogP contribution in [0.4, 0.5) is 5.69 Å². The van der Waals surface area contributed by atoms with Crippen molar-refractivity contribution in [2.75, 3.05) is 11.9 Å². The van der Waals surface area contributed by atoms with Gasteiger partial charge in [-0.1, -0.05) is 24.3 Å². The molecule has 3 aromatic carbocycles. The third-order valence-electron chi connectivity index (χ3n) is 5.18. The molecule has 0 aliphatic carbocycles. The number of carbonyl (C=O) groups excluding carboxylic acids is 2. The van der Waals surface area contributed by atoms with Crippen molar-refractivity contribution in [3.8, 4) is 11.8 Å². The lowest BCUT2D eigenvalue weighted by Gasteiger charge is -2.10. The SMILES string of the molecule is CCOC(=O)c1cc2cc(C(=O)Nc3cccc(COc4ccc(CC#N)cc4)c3)ccc2[nH]1. The number of nitriles is 1. The Labute approximate surface area is 196 Å². The summed E-state index contributed by atoms with van der Waals surface area (Å²) in [4.78, 5) is 27.8. The van der Waals surface area contributed by atoms with E-state index in [-0.39, 0.29) is 5.91 Å². The van der Waals surface area contributed by atoms with Crippen LogP contribution >= 0.6 is 0 Å². The molecule has 4 aromatic rings. The number of carbonyl (C=O) groups is 2. The van der Waals surface area contributed by atoms with Gasteiger partial charge in [0.2, 0.25) is 0 Å². The van der Waals surface area contributed by atoms with E-state index in [1.807, 2.05) is 48.5 Å². The van der Waals surface area contributed by atoms with Crippen LogP contribution < -0.4 is 10.1 Å². The minimum absolute atomic E-state index is 0.257. The van der Waals surface area contributed by atoms with Gasteiger partial charge in [0.25, 0.3) is 5.91 Å². The van der Waals surface area contributed by atoms with Crippen LogP contribution in [0.5, 0.6) is 5.75 Å². The molecule has 1 amide bonds. The molecule has 0 saturated carbocycles. The minimum atomic E-state index is -0.429. The number of aromatic amines is 1. The molecule has 0 bridgehead atoms. The van der Waals surface area contributed by atoms with Crippen molar-refractivity contribution in [1.82, 2.24) is 4.98 Å². The minimum Gasteiger partial charge on any atom is -0.489 e. The Morgan fingerprint density at radius 3 is 2.59 bits per heavy atom. The number of nitrogens with zero attached hydrogens (tertiary/aromatic N) is 1. The standard InChI is InChI=1S/C27H23N3O4/c1-2-33-27(32)25-16-21-15-20(8-11-24(21)30-25)26(31)29-22-5-3-4-19(14-22)17-34-23-9-6-18(7-10-23)12-13-28/h3-11,14-16,30H,2,12,17H2,1H3,(H,29,31). The van der Waals surface area contributed by atoms with Crippen LogP contribution in [0.2, 0.25) is 0 Å². The van der Waals surface area contributed by atoms with E-state index < -0.39 is 5.97 Å². The maximum Gasteiger partial charge on any atom is 0.354 e. The molecule has 0 fully saturated rings. The highest BCUT2D eigenvalue weighted by atomic mass is 16.5. The summed E-state index contributed by atoms with van der Waals surface area (Å²) >= 11 is 0. The van der Waals surface area contributed by atoms with Crippen molar-refractivity contribution in [3.63, 3.8) is 0 Å². The number of hydrogen-bond donors (Lipinski definition) is 2. The molecule has 0 radical (unpaired) electrons. The van der Waals surface area contributed by atoms with E-state index >= 15 is 0 Å². The Morgan fingerprint density at radius 2 is 1.82 bits per heavy atom. The summed E-state index contributed by atoms with van der Waals surface area (Å²) in [6.45, 7) is 2.38. The molecule has 7 nitrogen and oxygen atoms in total. The van der Waals surface area contributed by atoms with Gasteiger partial charge in [-0.05, 0) is 66.6 Å². The molecule has 0 unspecified atom stereocenters. The van der Waals surface area contributed by atoms with E-state index in [1.54, 1.807) is 31.2 Å². The Bertz CT molecular complexity index is 1370. The van der Waals surface area contributed by atoms with Crippen molar-refractivity contribution in [2.45, 2.75) is 20.0 Å². The van der Waals surface area contributed by atoms with Gasteiger partial charge < -0.3 is 19.8 Å². The number of fused-ring (bicyclic) bond motifs is 1. The maximum absolute atomic E-state index is 12.8. The molecule has 0 aliphatic heterocycles. The first kappa shape index (κ1) is 22.6. The van der Waals surface area contributed by atoms with Crippen LogP contribution in [0, 0.1) is 11.3 Å². The fourth-order valence-electron chi connectivity index (χ4n) is 3.50. The van der Waals surface area contributed by atoms with Crippen molar-refractivity contribution in [2.24, 2.45) is 0 Å². The van der Waals surface area contributed by atoms with Gasteiger partial charge in [-0.3, -0.25) is 4.79 Å². The predicted molar refractivity (Wildman–Crippen MR) is 129 cm³/mol. The first-order valence-electron chi connectivity index (χ1n) is 10.8. The topological polar surface area (TPSA) is 104 Å². The second kappa shape index (κ2) is 10.4. The lowest BCUT2D eigenvalue weighted by atomic mass is 10.1. The molecule has 0 saturated heterocycles. The van der Waals surface area contributed by atoms with Gasteiger partial charge in [0.1, 0.15) is 18.1 Å². The fourth-order valence-corrected chi connectivity index (χ4v) is 3.50. The summed E-state index contributed by atoms with van der Waals surface area (Å²) < 4.78 is 10.8. The zero-order valence-corrected chi connectivity index (χ0v) is 18.6. The number of amides is 1. The van der Waals surface area contributed by atoms with E-state index in [9.17, 15) is 9.59 Å². The van der Waals surface area contributed by atoms with Crippen molar-refractivity contribution in [3.05, 3.63) is 95.2 Å². The van der Waals surface area contributed by atoms with E-state index in [0.717, 1.165) is 22.0 Å². The van der Waals surface area contributed by atoms with Gasteiger partial charge in [-0.2, -0.15) is 5.26 Å². The molecule has 1 aromatic heterocycles. The molecule has 0 aliphatic rings. The number of esters is 1. The molecule has 170 valence electrons. The monoisotopic (exact) mass is 453 g/mol. The van der Waals surface area contributed by atoms with Crippen LogP contribution in [-0.4, -0.2) is 23.5 Å². The van der Waals surface area contributed by atoms with Crippen LogP contribution in [0.25, 0.3) is 10.9 Å². The first-order valence-corrected chi connectivity index (χ1v) is 10.8. The van der Waals surface area contributed by atoms with E-state index in [4.69, 9.17) is 14.7 Å². The molecule has 1 heterocycles. The number of hydrogen-bond acceptors (Lipinski definition) is 5. The Morgan fingerprint density at radius 1 is 1.00 bits per heavy atom. The summed E-state index contributed by atoms with van der Waals surface area (Å²) in [7, 11) is 0. The van der Waals surface area contributed by atoms with E-state index in [0.29, 0.717) is 42.3 Å². The largest absolute Gasteiger partial charge is 0.489 e. The lowest BCUT2D eigenvalue weighted by Crippen LogP contribution is -2.12. The van der Waals surface area contributed by atoms with Crippen LogP contribution in [-0.2, 0) is 17.8 Å². The molecule has 0 spiro atoms.